The van der Waals surface area contributed by atoms with Crippen LogP contribution in [-0.2, 0) is 4.79 Å². The van der Waals surface area contributed by atoms with Crippen LogP contribution < -0.4 is 0 Å². The number of carboxylic acids is 1. The molecule has 1 heterocycles. The van der Waals surface area contributed by atoms with E-state index in [4.69, 9.17) is 5.11 Å². The lowest BCUT2D eigenvalue weighted by Gasteiger charge is -2.23. The highest BCUT2D eigenvalue weighted by molar-refractivity contribution is 6.21. The second kappa shape index (κ2) is 3.92. The van der Waals surface area contributed by atoms with E-state index in [0.29, 0.717) is 0 Å². The van der Waals surface area contributed by atoms with Gasteiger partial charge in [0, 0.05) is 0 Å². The first-order chi connectivity index (χ1) is 8.34. The highest BCUT2D eigenvalue weighted by atomic mass is 16.4. The summed E-state index contributed by atoms with van der Waals surface area (Å²) < 4.78 is 0. The second-order valence-electron chi connectivity index (χ2n) is 4.32. The van der Waals surface area contributed by atoms with Gasteiger partial charge < -0.3 is 10.2 Å². The first kappa shape index (κ1) is 12.3. The molecule has 0 fully saturated rings. The van der Waals surface area contributed by atoms with Gasteiger partial charge >= 0.3 is 5.97 Å². The van der Waals surface area contributed by atoms with Crippen molar-refractivity contribution < 1.29 is 24.6 Å². The van der Waals surface area contributed by atoms with E-state index in [-0.39, 0.29) is 11.1 Å². The van der Waals surface area contributed by atoms with Crippen molar-refractivity contribution in [3.63, 3.8) is 0 Å². The SMILES string of the molecule is CC(O)(CN1C(=O)c2ccccc2C1=O)C(=O)O. The quantitative estimate of drug-likeness (QED) is 0.742. The number of β-amino-alcohol motifs (C(OH)–C–C–N with tert-alkyl or cyclic N) is 1. The number of aliphatic hydroxyl groups is 1. The van der Waals surface area contributed by atoms with E-state index in [0.717, 1.165) is 11.8 Å². The molecule has 2 N–H and O–H groups in total. The molecule has 1 atom stereocenters. The summed E-state index contributed by atoms with van der Waals surface area (Å²) in [4.78, 5) is 35.4. The molecule has 1 aliphatic rings. The number of hydrogen-bond acceptors (Lipinski definition) is 4. The topological polar surface area (TPSA) is 94.9 Å². The highest BCUT2D eigenvalue weighted by Crippen LogP contribution is 2.24. The number of carbonyl (C=O) groups excluding carboxylic acids is 2. The lowest BCUT2D eigenvalue weighted by Crippen LogP contribution is -2.48. The molecular formula is C12H11NO5. The maximum absolute atomic E-state index is 11.9. The molecule has 2 rings (SSSR count). The van der Waals surface area contributed by atoms with Crippen molar-refractivity contribution in [2.75, 3.05) is 6.54 Å². The number of amides is 2. The number of carboxylic acid groups (broad SMARTS) is 1. The van der Waals surface area contributed by atoms with Gasteiger partial charge in [0.2, 0.25) is 0 Å². The molecular weight excluding hydrogens is 238 g/mol. The molecule has 1 aromatic carbocycles. The summed E-state index contributed by atoms with van der Waals surface area (Å²) in [6, 6.07) is 6.21. The van der Waals surface area contributed by atoms with Crippen molar-refractivity contribution in [2.45, 2.75) is 12.5 Å². The van der Waals surface area contributed by atoms with Crippen LogP contribution in [0, 0.1) is 0 Å². The number of aliphatic carboxylic acids is 1. The Bertz CT molecular complexity index is 514. The number of imide groups is 1. The Morgan fingerprint density at radius 2 is 1.67 bits per heavy atom. The van der Waals surface area contributed by atoms with Crippen molar-refractivity contribution in [3.05, 3.63) is 35.4 Å². The van der Waals surface area contributed by atoms with Crippen LogP contribution in [0.4, 0.5) is 0 Å². The number of hydrogen-bond donors (Lipinski definition) is 2. The van der Waals surface area contributed by atoms with Gasteiger partial charge in [-0.2, -0.15) is 0 Å². The Balaban J connectivity index is 2.32. The third kappa shape index (κ3) is 1.76. The monoisotopic (exact) mass is 249 g/mol. The minimum absolute atomic E-state index is 0.226. The smallest absolute Gasteiger partial charge is 0.337 e. The second-order valence-corrected chi connectivity index (χ2v) is 4.32. The fourth-order valence-corrected chi connectivity index (χ4v) is 1.76. The number of rotatable bonds is 3. The number of nitrogens with zero attached hydrogens (tertiary/aromatic N) is 1. The summed E-state index contributed by atoms with van der Waals surface area (Å²) in [7, 11) is 0. The predicted octanol–water partition coefficient (Wildman–Crippen LogP) is 0.118. The zero-order valence-electron chi connectivity index (χ0n) is 9.58. The van der Waals surface area contributed by atoms with E-state index in [1.807, 2.05) is 0 Å². The van der Waals surface area contributed by atoms with Gasteiger partial charge in [0.15, 0.2) is 5.60 Å². The lowest BCUT2D eigenvalue weighted by atomic mass is 10.1. The van der Waals surface area contributed by atoms with Crippen LogP contribution in [0.2, 0.25) is 0 Å². The zero-order valence-corrected chi connectivity index (χ0v) is 9.58. The first-order valence-electron chi connectivity index (χ1n) is 5.25. The van der Waals surface area contributed by atoms with E-state index in [1.54, 1.807) is 12.1 Å². The van der Waals surface area contributed by atoms with Gasteiger partial charge in [-0.05, 0) is 19.1 Å². The van der Waals surface area contributed by atoms with Crippen LogP contribution in [0.5, 0.6) is 0 Å². The molecule has 0 radical (unpaired) electrons. The van der Waals surface area contributed by atoms with Gasteiger partial charge in [-0.15, -0.1) is 0 Å². The van der Waals surface area contributed by atoms with Gasteiger partial charge in [-0.25, -0.2) is 4.79 Å². The van der Waals surface area contributed by atoms with E-state index < -0.39 is 29.9 Å². The summed E-state index contributed by atoms with van der Waals surface area (Å²) in [5.74, 6) is -2.66. The Kier molecular flexibility index (Phi) is 2.67. The van der Waals surface area contributed by atoms with Crippen LogP contribution in [-0.4, -0.2) is 45.0 Å². The predicted molar refractivity (Wildman–Crippen MR) is 60.1 cm³/mol. The van der Waals surface area contributed by atoms with Crippen LogP contribution >= 0.6 is 0 Å². The van der Waals surface area contributed by atoms with Gasteiger partial charge in [-0.1, -0.05) is 12.1 Å². The molecule has 2 amide bonds. The average molecular weight is 249 g/mol. The van der Waals surface area contributed by atoms with Crippen molar-refractivity contribution in [1.82, 2.24) is 4.90 Å². The number of benzene rings is 1. The normalized spacial score (nSPS) is 17.6. The Hall–Kier alpha value is -2.21. The van der Waals surface area contributed by atoms with Gasteiger partial charge in [-0.3, -0.25) is 14.5 Å². The Morgan fingerprint density at radius 3 is 2.06 bits per heavy atom. The molecule has 6 nitrogen and oxygen atoms in total. The fraction of sp³-hybridized carbons (Fsp3) is 0.250. The average Bonchev–Trinajstić information content (AvgIpc) is 2.55. The molecule has 0 saturated carbocycles. The van der Waals surface area contributed by atoms with Gasteiger partial charge in [0.05, 0.1) is 17.7 Å². The van der Waals surface area contributed by atoms with Crippen LogP contribution in [0.25, 0.3) is 0 Å². The molecule has 0 saturated heterocycles. The summed E-state index contributed by atoms with van der Waals surface area (Å²) >= 11 is 0. The molecule has 18 heavy (non-hydrogen) atoms. The summed E-state index contributed by atoms with van der Waals surface area (Å²) in [6.45, 7) is 0.466. The molecule has 6 heteroatoms. The number of fused-ring (bicyclic) bond motifs is 1. The van der Waals surface area contributed by atoms with Crippen LogP contribution in [0.3, 0.4) is 0 Å². The molecule has 1 unspecified atom stereocenters. The lowest BCUT2D eigenvalue weighted by molar-refractivity contribution is -0.157. The van der Waals surface area contributed by atoms with Gasteiger partial charge in [0.1, 0.15) is 0 Å². The van der Waals surface area contributed by atoms with E-state index in [1.165, 1.54) is 12.1 Å². The highest BCUT2D eigenvalue weighted by Gasteiger charge is 2.42. The standard InChI is InChI=1S/C12H11NO5/c1-12(18,11(16)17)6-13-9(14)7-4-2-3-5-8(7)10(13)15/h2-5,18H,6H2,1H3,(H,16,17). The third-order valence-electron chi connectivity index (χ3n) is 2.80. The van der Waals surface area contributed by atoms with Crippen molar-refractivity contribution in [2.24, 2.45) is 0 Å². The molecule has 0 bridgehead atoms. The third-order valence-corrected chi connectivity index (χ3v) is 2.80. The van der Waals surface area contributed by atoms with E-state index in [2.05, 4.69) is 0 Å². The molecule has 0 spiro atoms. The van der Waals surface area contributed by atoms with Crippen molar-refractivity contribution >= 4 is 17.8 Å². The minimum atomic E-state index is -2.16. The Morgan fingerprint density at radius 1 is 1.22 bits per heavy atom. The Labute approximate surface area is 102 Å². The van der Waals surface area contributed by atoms with Crippen molar-refractivity contribution in [3.8, 4) is 0 Å². The van der Waals surface area contributed by atoms with Crippen LogP contribution in [0.1, 0.15) is 27.6 Å². The summed E-state index contributed by atoms with van der Waals surface area (Å²) in [6.07, 6.45) is 0. The van der Waals surface area contributed by atoms with Gasteiger partial charge in [0.25, 0.3) is 11.8 Å². The molecule has 94 valence electrons. The minimum Gasteiger partial charge on any atom is -0.479 e. The summed E-state index contributed by atoms with van der Waals surface area (Å²) in [5, 5.41) is 18.4. The maximum Gasteiger partial charge on any atom is 0.337 e. The van der Waals surface area contributed by atoms with E-state index >= 15 is 0 Å². The number of carbonyl (C=O) groups is 3. The van der Waals surface area contributed by atoms with Crippen molar-refractivity contribution in [1.29, 1.82) is 0 Å². The maximum atomic E-state index is 11.9. The van der Waals surface area contributed by atoms with Crippen LogP contribution in [0.15, 0.2) is 24.3 Å². The molecule has 0 aliphatic carbocycles. The molecule has 0 aromatic heterocycles. The summed E-state index contributed by atoms with van der Waals surface area (Å²) in [5.41, 5.74) is -1.71. The first-order valence-corrected chi connectivity index (χ1v) is 5.25. The fourth-order valence-electron chi connectivity index (χ4n) is 1.76. The zero-order chi connectivity index (χ0) is 13.5. The molecule has 1 aliphatic heterocycles. The largest absolute Gasteiger partial charge is 0.479 e. The van der Waals surface area contributed by atoms with E-state index in [9.17, 15) is 19.5 Å². The molecule has 1 aromatic rings.